The molecule has 2 unspecified atom stereocenters. The molecule has 0 bridgehead atoms. The second kappa shape index (κ2) is 3.62. The monoisotopic (exact) mass is 189 g/mol. The van der Waals surface area contributed by atoms with E-state index in [1.165, 1.54) is 0 Å². The maximum Gasteiger partial charge on any atom is 0.312 e. The van der Waals surface area contributed by atoms with Crippen molar-refractivity contribution in [3.8, 4) is 0 Å². The third-order valence-corrected chi connectivity index (χ3v) is 1.90. The molecule has 1 N–H and O–H groups in total. The molecular weight excluding hydrogens is 173 g/mol. The van der Waals surface area contributed by atoms with Crippen molar-refractivity contribution in [2.45, 2.75) is 39.6 Å². The maximum absolute atomic E-state index is 12.7. The lowest BCUT2D eigenvalue weighted by Crippen LogP contribution is -2.33. The van der Waals surface area contributed by atoms with E-state index in [1.807, 2.05) is 0 Å². The standard InChI is InChI=1S/C9H16FNO2/c1-9(2,3)8(12)13-7-4-6(10)5-11-7/h6-7,11H,4-5H2,1-3H3. The molecule has 0 saturated carbocycles. The number of hydrogen-bond donors (Lipinski definition) is 1. The average molecular weight is 189 g/mol. The van der Waals surface area contributed by atoms with Gasteiger partial charge in [0, 0.05) is 13.0 Å². The highest BCUT2D eigenvalue weighted by Crippen LogP contribution is 2.19. The van der Waals surface area contributed by atoms with Gasteiger partial charge in [0.25, 0.3) is 0 Å². The first-order chi connectivity index (χ1) is 5.89. The summed E-state index contributed by atoms with van der Waals surface area (Å²) < 4.78 is 17.7. The van der Waals surface area contributed by atoms with E-state index >= 15 is 0 Å². The van der Waals surface area contributed by atoms with Gasteiger partial charge in [-0.2, -0.15) is 0 Å². The van der Waals surface area contributed by atoms with Gasteiger partial charge >= 0.3 is 5.97 Å². The van der Waals surface area contributed by atoms with Crippen molar-refractivity contribution in [2.75, 3.05) is 6.54 Å². The number of rotatable bonds is 1. The van der Waals surface area contributed by atoms with E-state index in [4.69, 9.17) is 4.74 Å². The van der Waals surface area contributed by atoms with Gasteiger partial charge in [0.15, 0.2) is 6.23 Å². The fraction of sp³-hybridized carbons (Fsp3) is 0.889. The van der Waals surface area contributed by atoms with Crippen LogP contribution < -0.4 is 5.32 Å². The summed E-state index contributed by atoms with van der Waals surface area (Å²) in [6.45, 7) is 5.60. The summed E-state index contributed by atoms with van der Waals surface area (Å²) in [6.07, 6.45) is -1.07. The van der Waals surface area contributed by atoms with Crippen LogP contribution in [0.25, 0.3) is 0 Å². The Morgan fingerprint density at radius 3 is 2.54 bits per heavy atom. The van der Waals surface area contributed by atoms with Crippen molar-refractivity contribution in [1.29, 1.82) is 0 Å². The number of alkyl halides is 1. The van der Waals surface area contributed by atoms with E-state index in [0.29, 0.717) is 0 Å². The molecule has 1 rings (SSSR count). The van der Waals surface area contributed by atoms with Crippen molar-refractivity contribution in [3.63, 3.8) is 0 Å². The van der Waals surface area contributed by atoms with Gasteiger partial charge in [0.2, 0.25) is 0 Å². The van der Waals surface area contributed by atoms with E-state index in [1.54, 1.807) is 20.8 Å². The van der Waals surface area contributed by atoms with Crippen LogP contribution in [-0.4, -0.2) is 24.9 Å². The van der Waals surface area contributed by atoms with Crippen molar-refractivity contribution in [3.05, 3.63) is 0 Å². The Balaban J connectivity index is 2.37. The molecule has 0 amide bonds. The first-order valence-corrected chi connectivity index (χ1v) is 4.48. The lowest BCUT2D eigenvalue weighted by atomic mass is 9.97. The number of nitrogens with one attached hydrogen (secondary N) is 1. The smallest absolute Gasteiger partial charge is 0.312 e. The van der Waals surface area contributed by atoms with Crippen LogP contribution in [0.15, 0.2) is 0 Å². The minimum atomic E-state index is -0.891. The second-order valence-electron chi connectivity index (χ2n) is 4.39. The molecule has 0 aromatic carbocycles. The third kappa shape index (κ3) is 2.95. The largest absolute Gasteiger partial charge is 0.446 e. The Labute approximate surface area is 77.6 Å². The average Bonchev–Trinajstić information content (AvgIpc) is 2.33. The second-order valence-corrected chi connectivity index (χ2v) is 4.39. The number of carbonyl (C=O) groups is 1. The van der Waals surface area contributed by atoms with Gasteiger partial charge in [-0.3, -0.25) is 10.1 Å². The van der Waals surface area contributed by atoms with Crippen LogP contribution in [0.4, 0.5) is 4.39 Å². The number of carbonyl (C=O) groups excluding carboxylic acids is 1. The van der Waals surface area contributed by atoms with Gasteiger partial charge in [-0.25, -0.2) is 4.39 Å². The van der Waals surface area contributed by atoms with Gasteiger partial charge in [-0.15, -0.1) is 0 Å². The van der Waals surface area contributed by atoms with Crippen LogP contribution in [0, 0.1) is 5.41 Å². The SMILES string of the molecule is CC(C)(C)C(=O)OC1CC(F)CN1. The first-order valence-electron chi connectivity index (χ1n) is 4.48. The van der Waals surface area contributed by atoms with Gasteiger partial charge in [-0.05, 0) is 20.8 Å². The molecule has 13 heavy (non-hydrogen) atoms. The predicted molar refractivity (Wildman–Crippen MR) is 46.9 cm³/mol. The quantitative estimate of drug-likeness (QED) is 0.630. The van der Waals surface area contributed by atoms with Crippen LogP contribution >= 0.6 is 0 Å². The molecule has 4 heteroatoms. The summed E-state index contributed by atoms with van der Waals surface area (Å²) >= 11 is 0. The minimum Gasteiger partial charge on any atom is -0.446 e. The molecule has 0 aromatic rings. The summed E-state index contributed by atoms with van der Waals surface area (Å²) in [6, 6.07) is 0. The summed E-state index contributed by atoms with van der Waals surface area (Å²) in [5, 5.41) is 2.79. The summed E-state index contributed by atoms with van der Waals surface area (Å²) in [5.41, 5.74) is -0.518. The molecule has 76 valence electrons. The Morgan fingerprint density at radius 1 is 1.54 bits per heavy atom. The van der Waals surface area contributed by atoms with E-state index < -0.39 is 17.8 Å². The molecule has 1 aliphatic rings. The molecule has 2 atom stereocenters. The Bertz CT molecular complexity index is 200. The lowest BCUT2D eigenvalue weighted by Gasteiger charge is -2.20. The van der Waals surface area contributed by atoms with Crippen molar-refractivity contribution in [1.82, 2.24) is 5.32 Å². The van der Waals surface area contributed by atoms with E-state index in [0.717, 1.165) is 0 Å². The highest BCUT2D eigenvalue weighted by Gasteiger charge is 2.30. The van der Waals surface area contributed by atoms with Crippen LogP contribution in [0.2, 0.25) is 0 Å². The summed E-state index contributed by atoms with van der Waals surface area (Å²) in [4.78, 5) is 11.3. The van der Waals surface area contributed by atoms with Crippen molar-refractivity contribution >= 4 is 5.97 Å². The first kappa shape index (κ1) is 10.4. The van der Waals surface area contributed by atoms with Gasteiger partial charge in [0.05, 0.1) is 5.41 Å². The number of hydrogen-bond acceptors (Lipinski definition) is 3. The Hall–Kier alpha value is -0.640. The van der Waals surface area contributed by atoms with E-state index in [9.17, 15) is 9.18 Å². The number of halogens is 1. The molecule has 0 aliphatic carbocycles. The topological polar surface area (TPSA) is 38.3 Å². The predicted octanol–water partition coefficient (Wildman–Crippen LogP) is 1.23. The fourth-order valence-electron chi connectivity index (χ4n) is 1.05. The molecule has 3 nitrogen and oxygen atoms in total. The Kier molecular flexibility index (Phi) is 2.91. The molecule has 1 fully saturated rings. The molecule has 0 spiro atoms. The Morgan fingerprint density at radius 2 is 2.15 bits per heavy atom. The normalized spacial score (nSPS) is 28.9. The van der Waals surface area contributed by atoms with Crippen LogP contribution in [0.5, 0.6) is 0 Å². The van der Waals surface area contributed by atoms with E-state index in [-0.39, 0.29) is 18.9 Å². The van der Waals surface area contributed by atoms with Gasteiger partial charge < -0.3 is 4.74 Å². The zero-order valence-electron chi connectivity index (χ0n) is 8.26. The third-order valence-electron chi connectivity index (χ3n) is 1.90. The zero-order chi connectivity index (χ0) is 10.1. The maximum atomic E-state index is 12.7. The molecule has 0 radical (unpaired) electrons. The van der Waals surface area contributed by atoms with Crippen molar-refractivity contribution in [2.24, 2.45) is 5.41 Å². The fourth-order valence-corrected chi connectivity index (χ4v) is 1.05. The molecule has 1 heterocycles. The highest BCUT2D eigenvalue weighted by molar-refractivity contribution is 5.75. The zero-order valence-corrected chi connectivity index (χ0v) is 8.26. The van der Waals surface area contributed by atoms with Crippen LogP contribution in [0.3, 0.4) is 0 Å². The molecule has 0 aromatic heterocycles. The van der Waals surface area contributed by atoms with Gasteiger partial charge in [0.1, 0.15) is 6.17 Å². The van der Waals surface area contributed by atoms with Crippen LogP contribution in [-0.2, 0) is 9.53 Å². The molecular formula is C9H16FNO2. The molecule has 1 saturated heterocycles. The van der Waals surface area contributed by atoms with Crippen molar-refractivity contribution < 1.29 is 13.9 Å². The minimum absolute atomic E-state index is 0.266. The number of esters is 1. The highest BCUT2D eigenvalue weighted by atomic mass is 19.1. The van der Waals surface area contributed by atoms with Crippen LogP contribution in [0.1, 0.15) is 27.2 Å². The lowest BCUT2D eigenvalue weighted by molar-refractivity contribution is -0.159. The number of ether oxygens (including phenoxy) is 1. The summed E-state index contributed by atoms with van der Waals surface area (Å²) in [7, 11) is 0. The van der Waals surface area contributed by atoms with Gasteiger partial charge in [-0.1, -0.05) is 0 Å². The summed E-state index contributed by atoms with van der Waals surface area (Å²) in [5.74, 6) is -0.292. The molecule has 1 aliphatic heterocycles. The van der Waals surface area contributed by atoms with E-state index in [2.05, 4.69) is 5.32 Å².